The standard InChI is InChI=1S/C17H20N4O/c1-2-4-13-5-7-14(8-6-13)16(22)21-11-15(12-21)20-17-18-9-3-10-19-17/h3,5-10,15H,2,4,11-12H2,1H3,(H,18,19,20). The average molecular weight is 296 g/mol. The van der Waals surface area contributed by atoms with Crippen LogP contribution in [-0.4, -0.2) is 39.9 Å². The average Bonchev–Trinajstić information content (AvgIpc) is 2.52. The molecule has 2 heterocycles. The molecule has 0 atom stereocenters. The fourth-order valence-electron chi connectivity index (χ4n) is 2.58. The van der Waals surface area contributed by atoms with E-state index in [1.165, 1.54) is 5.56 Å². The molecule has 22 heavy (non-hydrogen) atoms. The van der Waals surface area contributed by atoms with Gasteiger partial charge in [-0.1, -0.05) is 25.5 Å². The van der Waals surface area contributed by atoms with Crippen molar-refractivity contribution in [1.29, 1.82) is 0 Å². The van der Waals surface area contributed by atoms with E-state index in [0.717, 1.165) is 18.4 Å². The molecule has 1 fully saturated rings. The predicted molar refractivity (Wildman–Crippen MR) is 85.8 cm³/mol. The first-order valence-corrected chi connectivity index (χ1v) is 7.68. The highest BCUT2D eigenvalue weighted by molar-refractivity contribution is 5.94. The molecule has 1 aromatic heterocycles. The van der Waals surface area contributed by atoms with Crippen molar-refractivity contribution in [3.63, 3.8) is 0 Å². The van der Waals surface area contributed by atoms with Crippen LogP contribution >= 0.6 is 0 Å². The first-order chi connectivity index (χ1) is 10.8. The second-order valence-electron chi connectivity index (χ2n) is 5.57. The number of likely N-dealkylation sites (tertiary alicyclic amines) is 1. The Balaban J connectivity index is 1.52. The van der Waals surface area contributed by atoms with Crippen molar-refractivity contribution in [3.8, 4) is 0 Å². The van der Waals surface area contributed by atoms with Crippen molar-refractivity contribution in [3.05, 3.63) is 53.9 Å². The van der Waals surface area contributed by atoms with Crippen LogP contribution in [0.5, 0.6) is 0 Å². The van der Waals surface area contributed by atoms with Crippen LogP contribution in [0, 0.1) is 0 Å². The molecular weight excluding hydrogens is 276 g/mol. The Hall–Kier alpha value is -2.43. The number of rotatable bonds is 5. The number of nitrogens with one attached hydrogen (secondary N) is 1. The molecule has 0 bridgehead atoms. The van der Waals surface area contributed by atoms with Crippen LogP contribution in [0.1, 0.15) is 29.3 Å². The van der Waals surface area contributed by atoms with E-state index in [-0.39, 0.29) is 11.9 Å². The van der Waals surface area contributed by atoms with Crippen molar-refractivity contribution in [2.75, 3.05) is 18.4 Å². The van der Waals surface area contributed by atoms with Crippen LogP contribution in [0.25, 0.3) is 0 Å². The smallest absolute Gasteiger partial charge is 0.253 e. The number of nitrogens with zero attached hydrogens (tertiary/aromatic N) is 3. The summed E-state index contributed by atoms with van der Waals surface area (Å²) in [5.74, 6) is 0.707. The zero-order valence-corrected chi connectivity index (χ0v) is 12.7. The first-order valence-electron chi connectivity index (χ1n) is 7.68. The fraction of sp³-hybridized carbons (Fsp3) is 0.353. The summed E-state index contributed by atoms with van der Waals surface area (Å²) in [6.07, 6.45) is 5.58. The van der Waals surface area contributed by atoms with Crippen LogP contribution < -0.4 is 5.32 Å². The molecular formula is C17H20N4O. The lowest BCUT2D eigenvalue weighted by atomic mass is 10.0. The lowest BCUT2D eigenvalue weighted by Gasteiger charge is -2.39. The number of anilines is 1. The number of aromatic nitrogens is 2. The number of hydrogen-bond acceptors (Lipinski definition) is 4. The Kier molecular flexibility index (Phi) is 4.32. The molecule has 2 aromatic rings. The Bertz CT molecular complexity index is 621. The summed E-state index contributed by atoms with van der Waals surface area (Å²) in [6, 6.07) is 9.95. The highest BCUT2D eigenvalue weighted by atomic mass is 16.2. The second kappa shape index (κ2) is 6.56. The predicted octanol–water partition coefficient (Wildman–Crippen LogP) is 2.37. The molecule has 5 heteroatoms. The maximum Gasteiger partial charge on any atom is 0.253 e. The van der Waals surface area contributed by atoms with E-state index in [0.29, 0.717) is 19.0 Å². The third kappa shape index (κ3) is 3.24. The van der Waals surface area contributed by atoms with E-state index in [4.69, 9.17) is 0 Å². The number of carbonyl (C=O) groups excluding carboxylic acids is 1. The van der Waals surface area contributed by atoms with Gasteiger partial charge in [-0.2, -0.15) is 0 Å². The van der Waals surface area contributed by atoms with Gasteiger partial charge in [-0.15, -0.1) is 0 Å². The minimum atomic E-state index is 0.0927. The molecule has 0 radical (unpaired) electrons. The van der Waals surface area contributed by atoms with E-state index in [2.05, 4.69) is 22.2 Å². The van der Waals surface area contributed by atoms with E-state index in [1.54, 1.807) is 18.5 Å². The van der Waals surface area contributed by atoms with Crippen molar-refractivity contribution in [2.45, 2.75) is 25.8 Å². The monoisotopic (exact) mass is 296 g/mol. The van der Waals surface area contributed by atoms with Crippen LogP contribution in [0.15, 0.2) is 42.7 Å². The maximum atomic E-state index is 12.4. The molecule has 0 spiro atoms. The van der Waals surface area contributed by atoms with Gasteiger partial charge in [0.1, 0.15) is 0 Å². The van der Waals surface area contributed by atoms with E-state index in [1.807, 2.05) is 29.2 Å². The summed E-state index contributed by atoms with van der Waals surface area (Å²) in [5.41, 5.74) is 2.04. The Labute approximate surface area is 130 Å². The molecule has 5 nitrogen and oxygen atoms in total. The van der Waals surface area contributed by atoms with E-state index in [9.17, 15) is 4.79 Å². The minimum absolute atomic E-state index is 0.0927. The van der Waals surface area contributed by atoms with E-state index >= 15 is 0 Å². The molecule has 1 aliphatic heterocycles. The van der Waals surface area contributed by atoms with Gasteiger partial charge >= 0.3 is 0 Å². The molecule has 114 valence electrons. The van der Waals surface area contributed by atoms with Gasteiger partial charge in [0.2, 0.25) is 5.95 Å². The summed E-state index contributed by atoms with van der Waals surface area (Å²) in [4.78, 5) is 22.5. The van der Waals surface area contributed by atoms with Gasteiger partial charge in [-0.3, -0.25) is 4.79 Å². The highest BCUT2D eigenvalue weighted by Gasteiger charge is 2.31. The third-order valence-electron chi connectivity index (χ3n) is 3.81. The van der Waals surface area contributed by atoms with Gasteiger partial charge < -0.3 is 10.2 Å². The summed E-state index contributed by atoms with van der Waals surface area (Å²) in [5, 5.41) is 3.22. The van der Waals surface area contributed by atoms with Crippen LogP contribution in [0.4, 0.5) is 5.95 Å². The van der Waals surface area contributed by atoms with Gasteiger partial charge in [0.25, 0.3) is 5.91 Å². The third-order valence-corrected chi connectivity index (χ3v) is 3.81. The van der Waals surface area contributed by atoms with Crippen molar-refractivity contribution in [2.24, 2.45) is 0 Å². The largest absolute Gasteiger partial charge is 0.348 e. The minimum Gasteiger partial charge on any atom is -0.348 e. The van der Waals surface area contributed by atoms with Gasteiger partial charge in [0, 0.05) is 31.0 Å². The van der Waals surface area contributed by atoms with Gasteiger partial charge in [-0.25, -0.2) is 9.97 Å². The van der Waals surface area contributed by atoms with Crippen LogP contribution in [0.2, 0.25) is 0 Å². The second-order valence-corrected chi connectivity index (χ2v) is 5.57. The van der Waals surface area contributed by atoms with Crippen LogP contribution in [0.3, 0.4) is 0 Å². The molecule has 1 N–H and O–H groups in total. The molecule has 1 aliphatic rings. The van der Waals surface area contributed by atoms with Gasteiger partial charge in [0.05, 0.1) is 6.04 Å². The lowest BCUT2D eigenvalue weighted by Crippen LogP contribution is -2.57. The number of benzene rings is 1. The first kappa shape index (κ1) is 14.5. The maximum absolute atomic E-state index is 12.4. The zero-order chi connectivity index (χ0) is 15.4. The molecule has 1 saturated heterocycles. The fourth-order valence-corrected chi connectivity index (χ4v) is 2.58. The topological polar surface area (TPSA) is 58.1 Å². The Morgan fingerprint density at radius 3 is 2.55 bits per heavy atom. The van der Waals surface area contributed by atoms with Crippen molar-refractivity contribution < 1.29 is 4.79 Å². The molecule has 0 saturated carbocycles. The summed E-state index contributed by atoms with van der Waals surface area (Å²) in [6.45, 7) is 3.53. The van der Waals surface area contributed by atoms with Crippen molar-refractivity contribution >= 4 is 11.9 Å². The number of amides is 1. The lowest BCUT2D eigenvalue weighted by molar-refractivity contribution is 0.0624. The van der Waals surface area contributed by atoms with Crippen molar-refractivity contribution in [1.82, 2.24) is 14.9 Å². The SMILES string of the molecule is CCCc1ccc(C(=O)N2CC(Nc3ncccn3)C2)cc1. The summed E-state index contributed by atoms with van der Waals surface area (Å²) >= 11 is 0. The Morgan fingerprint density at radius 2 is 1.91 bits per heavy atom. The highest BCUT2D eigenvalue weighted by Crippen LogP contribution is 2.16. The molecule has 1 amide bonds. The molecule has 3 rings (SSSR count). The zero-order valence-electron chi connectivity index (χ0n) is 12.7. The number of hydrogen-bond donors (Lipinski definition) is 1. The Morgan fingerprint density at radius 1 is 1.23 bits per heavy atom. The van der Waals surface area contributed by atoms with Crippen LogP contribution in [-0.2, 0) is 6.42 Å². The molecule has 0 unspecified atom stereocenters. The number of carbonyl (C=O) groups is 1. The van der Waals surface area contributed by atoms with E-state index < -0.39 is 0 Å². The molecule has 0 aliphatic carbocycles. The molecule has 1 aromatic carbocycles. The quantitative estimate of drug-likeness (QED) is 0.920. The number of aryl methyl sites for hydroxylation is 1. The summed E-state index contributed by atoms with van der Waals surface area (Å²) < 4.78 is 0. The van der Waals surface area contributed by atoms with Gasteiger partial charge in [0.15, 0.2) is 0 Å². The summed E-state index contributed by atoms with van der Waals surface area (Å²) in [7, 11) is 0. The normalized spacial score (nSPS) is 14.5. The van der Waals surface area contributed by atoms with Gasteiger partial charge in [-0.05, 0) is 30.2 Å².